The smallest absolute Gasteiger partial charge is 0.194 e. The van der Waals surface area contributed by atoms with Gasteiger partial charge in [0.15, 0.2) is 0 Å². The van der Waals surface area contributed by atoms with Crippen LogP contribution in [0.25, 0.3) is 32.6 Å². The first-order valence-corrected chi connectivity index (χ1v) is 6.95. The van der Waals surface area contributed by atoms with Crippen LogP contribution in [0.2, 0.25) is 0 Å². The Morgan fingerprint density at radius 1 is 0.700 bits per heavy atom. The van der Waals surface area contributed by atoms with Gasteiger partial charge in [0.05, 0.1) is 5.39 Å². The van der Waals surface area contributed by atoms with Crippen LogP contribution in [0.5, 0.6) is 0 Å². The summed E-state index contributed by atoms with van der Waals surface area (Å²) in [7, 11) is 2.15. The minimum Gasteiger partial charge on any atom is -0.194 e. The number of benzene rings is 3. The van der Waals surface area contributed by atoms with Gasteiger partial charge in [0.2, 0.25) is 11.0 Å². The third-order valence-corrected chi connectivity index (χ3v) is 4.15. The van der Waals surface area contributed by atoms with Gasteiger partial charge in [0.25, 0.3) is 0 Å². The highest BCUT2D eigenvalue weighted by atomic mass is 14.9. The molecule has 4 aromatic rings. The molecule has 0 N–H and O–H groups in total. The molecule has 0 aliphatic rings. The molecule has 4 rings (SSSR count). The van der Waals surface area contributed by atoms with Crippen LogP contribution in [0.4, 0.5) is 0 Å². The van der Waals surface area contributed by atoms with Gasteiger partial charge in [-0.3, -0.25) is 0 Å². The Balaban J connectivity index is 2.29. The molecule has 0 aliphatic carbocycles. The zero-order valence-corrected chi connectivity index (χ0v) is 11.7. The standard InChI is InChI=1S/C19H16N/c1-13-7-9-18-15(11-13)12-17-16-6-4-3-5-14(16)8-10-19(17)20(18)2/h3-12H,1-2H3/q+1. The van der Waals surface area contributed by atoms with Crippen molar-refractivity contribution in [3.8, 4) is 0 Å². The molecule has 0 aliphatic heterocycles. The van der Waals surface area contributed by atoms with Crippen molar-refractivity contribution in [1.82, 2.24) is 0 Å². The monoisotopic (exact) mass is 258 g/mol. The van der Waals surface area contributed by atoms with Crippen molar-refractivity contribution in [2.45, 2.75) is 6.92 Å². The summed E-state index contributed by atoms with van der Waals surface area (Å²) in [6, 6.07) is 22.0. The maximum Gasteiger partial charge on any atom is 0.213 e. The fourth-order valence-electron chi connectivity index (χ4n) is 3.11. The first-order valence-electron chi connectivity index (χ1n) is 6.95. The van der Waals surface area contributed by atoms with Crippen LogP contribution in [-0.2, 0) is 7.05 Å². The lowest BCUT2D eigenvalue weighted by Crippen LogP contribution is -2.29. The number of hydrogen-bond acceptors (Lipinski definition) is 0. The van der Waals surface area contributed by atoms with Gasteiger partial charge in [-0.1, -0.05) is 35.9 Å². The molecule has 96 valence electrons. The molecule has 0 fully saturated rings. The molecular weight excluding hydrogens is 242 g/mol. The summed E-state index contributed by atoms with van der Waals surface area (Å²) in [5.41, 5.74) is 3.86. The van der Waals surface area contributed by atoms with Gasteiger partial charge in [0, 0.05) is 17.5 Å². The predicted octanol–water partition coefficient (Wildman–Crippen LogP) is 4.28. The topological polar surface area (TPSA) is 3.88 Å². The van der Waals surface area contributed by atoms with Crippen LogP contribution in [0, 0.1) is 6.92 Å². The molecule has 1 nitrogen and oxygen atoms in total. The van der Waals surface area contributed by atoms with Gasteiger partial charge in [-0.25, -0.2) is 0 Å². The average molecular weight is 258 g/mol. The number of nitrogens with zero attached hydrogens (tertiary/aromatic N) is 1. The molecule has 0 amide bonds. The SMILES string of the molecule is Cc1ccc2c(c1)cc1c3ccccc3ccc1[n+]2C. The molecule has 1 heterocycles. The maximum absolute atomic E-state index is 2.32. The molecule has 3 aromatic carbocycles. The fraction of sp³-hybridized carbons (Fsp3) is 0.105. The van der Waals surface area contributed by atoms with Gasteiger partial charge in [0.1, 0.15) is 7.05 Å². The normalized spacial score (nSPS) is 11.5. The Labute approximate surface area is 118 Å². The Kier molecular flexibility index (Phi) is 2.31. The summed E-state index contributed by atoms with van der Waals surface area (Å²) in [5, 5.41) is 5.25. The average Bonchev–Trinajstić information content (AvgIpc) is 2.47. The first kappa shape index (κ1) is 11.4. The number of hydrogen-bond donors (Lipinski definition) is 0. The Morgan fingerprint density at radius 2 is 1.50 bits per heavy atom. The van der Waals surface area contributed by atoms with Crippen LogP contribution >= 0.6 is 0 Å². The molecule has 0 saturated carbocycles. The minimum atomic E-state index is 1.28. The summed E-state index contributed by atoms with van der Waals surface area (Å²) in [4.78, 5) is 0. The lowest BCUT2D eigenvalue weighted by molar-refractivity contribution is -0.617. The van der Waals surface area contributed by atoms with E-state index < -0.39 is 0 Å². The second-order valence-corrected chi connectivity index (χ2v) is 5.49. The number of rotatable bonds is 0. The third-order valence-electron chi connectivity index (χ3n) is 4.15. The first-order chi connectivity index (χ1) is 9.74. The molecule has 0 unspecified atom stereocenters. The predicted molar refractivity (Wildman–Crippen MR) is 84.9 cm³/mol. The van der Waals surface area contributed by atoms with E-state index in [0.717, 1.165) is 0 Å². The van der Waals surface area contributed by atoms with E-state index in [4.69, 9.17) is 0 Å². The largest absolute Gasteiger partial charge is 0.213 e. The van der Waals surface area contributed by atoms with E-state index in [9.17, 15) is 0 Å². The number of aryl methyl sites for hydroxylation is 2. The molecular formula is C19H16N+. The number of pyridine rings is 1. The molecule has 0 atom stereocenters. The van der Waals surface area contributed by atoms with Crippen molar-refractivity contribution in [1.29, 1.82) is 0 Å². The van der Waals surface area contributed by atoms with Crippen LogP contribution in [-0.4, -0.2) is 0 Å². The fourth-order valence-corrected chi connectivity index (χ4v) is 3.11. The zero-order chi connectivity index (χ0) is 13.7. The van der Waals surface area contributed by atoms with Crippen molar-refractivity contribution >= 4 is 32.6 Å². The van der Waals surface area contributed by atoms with Crippen LogP contribution in [0.1, 0.15) is 5.56 Å². The van der Waals surface area contributed by atoms with Crippen molar-refractivity contribution in [2.75, 3.05) is 0 Å². The quantitative estimate of drug-likeness (QED) is 0.252. The van der Waals surface area contributed by atoms with Crippen LogP contribution in [0.3, 0.4) is 0 Å². The van der Waals surface area contributed by atoms with E-state index in [1.54, 1.807) is 0 Å². The molecule has 1 aromatic heterocycles. The number of fused-ring (bicyclic) bond motifs is 4. The van der Waals surface area contributed by atoms with E-state index >= 15 is 0 Å². The Bertz CT molecular complexity index is 967. The van der Waals surface area contributed by atoms with Crippen molar-refractivity contribution in [2.24, 2.45) is 7.05 Å². The summed E-state index contributed by atoms with van der Waals surface area (Å²) in [6.45, 7) is 2.15. The highest BCUT2D eigenvalue weighted by Gasteiger charge is 2.13. The van der Waals surface area contributed by atoms with Gasteiger partial charge in [-0.15, -0.1) is 0 Å². The highest BCUT2D eigenvalue weighted by Crippen LogP contribution is 2.26. The lowest BCUT2D eigenvalue weighted by atomic mass is 10.0. The van der Waals surface area contributed by atoms with Gasteiger partial charge in [-0.05, 0) is 35.9 Å². The maximum atomic E-state index is 2.32. The molecule has 20 heavy (non-hydrogen) atoms. The van der Waals surface area contributed by atoms with E-state index in [2.05, 4.69) is 79.2 Å². The zero-order valence-electron chi connectivity index (χ0n) is 11.7. The van der Waals surface area contributed by atoms with Gasteiger partial charge in [-0.2, -0.15) is 4.57 Å². The molecule has 1 heteroatoms. The van der Waals surface area contributed by atoms with E-state index in [0.29, 0.717) is 0 Å². The van der Waals surface area contributed by atoms with Gasteiger partial charge < -0.3 is 0 Å². The van der Waals surface area contributed by atoms with Crippen molar-refractivity contribution in [3.63, 3.8) is 0 Å². The van der Waals surface area contributed by atoms with Gasteiger partial charge >= 0.3 is 0 Å². The van der Waals surface area contributed by atoms with Crippen LogP contribution in [0.15, 0.2) is 60.7 Å². The second kappa shape index (κ2) is 4.04. The number of aromatic nitrogens is 1. The molecule has 0 radical (unpaired) electrons. The Hall–Kier alpha value is -2.41. The highest BCUT2D eigenvalue weighted by molar-refractivity contribution is 6.07. The van der Waals surface area contributed by atoms with E-state index in [1.165, 1.54) is 38.1 Å². The van der Waals surface area contributed by atoms with Crippen molar-refractivity contribution < 1.29 is 4.57 Å². The Morgan fingerprint density at radius 3 is 2.40 bits per heavy atom. The molecule has 0 bridgehead atoms. The summed E-state index contributed by atoms with van der Waals surface area (Å²) >= 11 is 0. The molecule has 0 spiro atoms. The third kappa shape index (κ3) is 1.53. The summed E-state index contributed by atoms with van der Waals surface area (Å²) < 4.78 is 2.29. The lowest BCUT2D eigenvalue weighted by Gasteiger charge is -2.06. The second-order valence-electron chi connectivity index (χ2n) is 5.49. The summed E-state index contributed by atoms with van der Waals surface area (Å²) in [5.74, 6) is 0. The van der Waals surface area contributed by atoms with Crippen molar-refractivity contribution in [3.05, 3.63) is 66.2 Å². The minimum absolute atomic E-state index is 1.28. The van der Waals surface area contributed by atoms with Crippen LogP contribution < -0.4 is 4.57 Å². The van der Waals surface area contributed by atoms with E-state index in [1.807, 2.05) is 0 Å². The molecule has 0 saturated heterocycles. The van der Waals surface area contributed by atoms with E-state index in [-0.39, 0.29) is 0 Å². The summed E-state index contributed by atoms with van der Waals surface area (Å²) in [6.07, 6.45) is 0.